The van der Waals surface area contributed by atoms with E-state index >= 15 is 0 Å². The lowest BCUT2D eigenvalue weighted by atomic mass is 10.3. The number of hydrogen-bond acceptors (Lipinski definition) is 2. The van der Waals surface area contributed by atoms with Crippen molar-refractivity contribution in [3.05, 3.63) is 32.8 Å². The van der Waals surface area contributed by atoms with Crippen molar-refractivity contribution in [2.45, 2.75) is 13.3 Å². The third kappa shape index (κ3) is 1.29. The Balaban J connectivity index is 2.88. The first-order chi connectivity index (χ1) is 6.22. The Morgan fingerprint density at radius 3 is 3.15 bits per heavy atom. The highest BCUT2D eigenvalue weighted by Crippen LogP contribution is 2.13. The molecule has 0 aromatic carbocycles. The topological polar surface area (TPSA) is 50.2 Å². The molecule has 13 heavy (non-hydrogen) atoms. The van der Waals surface area contributed by atoms with Gasteiger partial charge in [0.15, 0.2) is 5.65 Å². The minimum absolute atomic E-state index is 0.0763. The third-order valence-corrected chi connectivity index (χ3v) is 2.45. The monoisotopic (exact) mass is 241 g/mol. The van der Waals surface area contributed by atoms with Crippen molar-refractivity contribution in [1.29, 1.82) is 0 Å². The summed E-state index contributed by atoms with van der Waals surface area (Å²) >= 11 is 3.31. The van der Waals surface area contributed by atoms with Crippen molar-refractivity contribution >= 4 is 21.6 Å². The van der Waals surface area contributed by atoms with Crippen molar-refractivity contribution in [3.8, 4) is 0 Å². The van der Waals surface area contributed by atoms with Gasteiger partial charge in [0, 0.05) is 18.0 Å². The van der Waals surface area contributed by atoms with E-state index in [0.717, 1.165) is 16.6 Å². The molecule has 0 amide bonds. The van der Waals surface area contributed by atoms with E-state index in [0.29, 0.717) is 5.65 Å². The Labute approximate surface area is 82.7 Å². The van der Waals surface area contributed by atoms with Crippen LogP contribution in [-0.2, 0) is 6.42 Å². The SMILES string of the molecule is CCc1cc(=O)n2[nH]cc(Br)c2n1. The molecule has 0 atom stereocenters. The van der Waals surface area contributed by atoms with Crippen LogP contribution < -0.4 is 5.56 Å². The summed E-state index contributed by atoms with van der Waals surface area (Å²) < 4.78 is 2.21. The fraction of sp³-hybridized carbons (Fsp3) is 0.250. The molecule has 2 aromatic rings. The summed E-state index contributed by atoms with van der Waals surface area (Å²) in [5.74, 6) is 0. The maximum atomic E-state index is 11.4. The third-order valence-electron chi connectivity index (χ3n) is 1.87. The highest BCUT2D eigenvalue weighted by atomic mass is 79.9. The van der Waals surface area contributed by atoms with Crippen LogP contribution in [0, 0.1) is 0 Å². The molecule has 68 valence electrons. The zero-order valence-corrected chi connectivity index (χ0v) is 8.63. The Kier molecular flexibility index (Phi) is 1.95. The van der Waals surface area contributed by atoms with Crippen LogP contribution in [0.4, 0.5) is 0 Å². The number of aryl methyl sites for hydroxylation is 1. The molecule has 0 aliphatic carbocycles. The van der Waals surface area contributed by atoms with Gasteiger partial charge in [-0.3, -0.25) is 9.89 Å². The lowest BCUT2D eigenvalue weighted by Crippen LogP contribution is -2.15. The summed E-state index contributed by atoms with van der Waals surface area (Å²) in [6, 6.07) is 1.54. The summed E-state index contributed by atoms with van der Waals surface area (Å²) in [5.41, 5.74) is 1.38. The summed E-state index contributed by atoms with van der Waals surface area (Å²) in [7, 11) is 0. The van der Waals surface area contributed by atoms with Gasteiger partial charge in [-0.15, -0.1) is 0 Å². The van der Waals surface area contributed by atoms with Crippen molar-refractivity contribution < 1.29 is 0 Å². The average Bonchev–Trinajstić information content (AvgIpc) is 2.48. The first-order valence-electron chi connectivity index (χ1n) is 3.98. The Morgan fingerprint density at radius 2 is 2.46 bits per heavy atom. The number of halogens is 1. The van der Waals surface area contributed by atoms with E-state index in [1.165, 1.54) is 10.6 Å². The standard InChI is InChI=1S/C8H8BrN3O/c1-2-5-3-7(13)12-8(11-5)6(9)4-10-12/h3-4,10H,2H2,1H3. The van der Waals surface area contributed by atoms with E-state index in [1.807, 2.05) is 6.92 Å². The Bertz CT molecular complexity index is 500. The van der Waals surface area contributed by atoms with Crippen LogP contribution in [-0.4, -0.2) is 14.6 Å². The predicted molar refractivity (Wildman–Crippen MR) is 52.9 cm³/mol. The molecule has 2 aromatic heterocycles. The van der Waals surface area contributed by atoms with Crippen LogP contribution in [0.2, 0.25) is 0 Å². The van der Waals surface area contributed by atoms with Crippen LogP contribution in [0.5, 0.6) is 0 Å². The van der Waals surface area contributed by atoms with E-state index in [2.05, 4.69) is 26.0 Å². The second-order valence-corrected chi connectivity index (χ2v) is 3.57. The van der Waals surface area contributed by atoms with Gasteiger partial charge >= 0.3 is 0 Å². The smallest absolute Gasteiger partial charge is 0.272 e. The molecule has 0 saturated heterocycles. The molecule has 0 fully saturated rings. The lowest BCUT2D eigenvalue weighted by Gasteiger charge is -1.96. The number of nitrogens with one attached hydrogen (secondary N) is 1. The molecule has 0 aliphatic rings. The second-order valence-electron chi connectivity index (χ2n) is 2.72. The molecule has 0 spiro atoms. The highest BCUT2D eigenvalue weighted by molar-refractivity contribution is 9.10. The van der Waals surface area contributed by atoms with Gasteiger partial charge in [-0.1, -0.05) is 6.92 Å². The van der Waals surface area contributed by atoms with E-state index in [1.54, 1.807) is 6.20 Å². The minimum Gasteiger partial charge on any atom is -0.296 e. The van der Waals surface area contributed by atoms with Crippen molar-refractivity contribution in [1.82, 2.24) is 14.6 Å². The summed E-state index contributed by atoms with van der Waals surface area (Å²) in [4.78, 5) is 15.7. The molecule has 2 heterocycles. The molecular weight excluding hydrogens is 234 g/mol. The summed E-state index contributed by atoms with van der Waals surface area (Å²) in [5, 5.41) is 2.80. The number of hydrogen-bond donors (Lipinski definition) is 1. The number of H-pyrrole nitrogens is 1. The van der Waals surface area contributed by atoms with Gasteiger partial charge in [0.05, 0.1) is 4.47 Å². The fourth-order valence-corrected chi connectivity index (χ4v) is 1.55. The van der Waals surface area contributed by atoms with Crippen LogP contribution in [0.3, 0.4) is 0 Å². The first kappa shape index (κ1) is 8.50. The number of fused-ring (bicyclic) bond motifs is 1. The summed E-state index contributed by atoms with van der Waals surface area (Å²) in [6.45, 7) is 1.97. The number of aromatic nitrogens is 3. The quantitative estimate of drug-likeness (QED) is 0.820. The zero-order chi connectivity index (χ0) is 9.42. The molecule has 0 saturated carbocycles. The Morgan fingerprint density at radius 1 is 1.69 bits per heavy atom. The van der Waals surface area contributed by atoms with Gasteiger partial charge in [-0.25, -0.2) is 9.50 Å². The van der Waals surface area contributed by atoms with Gasteiger partial charge in [0.25, 0.3) is 5.56 Å². The highest BCUT2D eigenvalue weighted by Gasteiger charge is 2.05. The molecule has 0 aliphatic heterocycles. The second kappa shape index (κ2) is 2.99. The minimum atomic E-state index is -0.0763. The van der Waals surface area contributed by atoms with E-state index in [-0.39, 0.29) is 5.56 Å². The van der Waals surface area contributed by atoms with Gasteiger partial charge in [0.1, 0.15) is 0 Å². The van der Waals surface area contributed by atoms with Crippen molar-refractivity contribution in [2.75, 3.05) is 0 Å². The Hall–Kier alpha value is -1.10. The number of rotatable bonds is 1. The van der Waals surface area contributed by atoms with Crippen LogP contribution in [0.25, 0.3) is 5.65 Å². The van der Waals surface area contributed by atoms with E-state index in [9.17, 15) is 4.79 Å². The van der Waals surface area contributed by atoms with E-state index in [4.69, 9.17) is 0 Å². The van der Waals surface area contributed by atoms with Crippen molar-refractivity contribution in [3.63, 3.8) is 0 Å². The largest absolute Gasteiger partial charge is 0.296 e. The molecule has 0 unspecified atom stereocenters. The van der Waals surface area contributed by atoms with Gasteiger partial charge in [-0.2, -0.15) is 0 Å². The van der Waals surface area contributed by atoms with Crippen LogP contribution in [0.15, 0.2) is 21.5 Å². The first-order valence-corrected chi connectivity index (χ1v) is 4.77. The maximum Gasteiger partial charge on any atom is 0.272 e. The van der Waals surface area contributed by atoms with Crippen molar-refractivity contribution in [2.24, 2.45) is 0 Å². The fourth-order valence-electron chi connectivity index (χ4n) is 1.18. The normalized spacial score (nSPS) is 10.9. The predicted octanol–water partition coefficient (Wildman–Crippen LogP) is 1.35. The zero-order valence-electron chi connectivity index (χ0n) is 7.04. The molecule has 1 N–H and O–H groups in total. The average molecular weight is 242 g/mol. The maximum absolute atomic E-state index is 11.4. The van der Waals surface area contributed by atoms with Gasteiger partial charge in [0.2, 0.25) is 0 Å². The molecule has 4 nitrogen and oxygen atoms in total. The van der Waals surface area contributed by atoms with Gasteiger partial charge in [-0.05, 0) is 22.4 Å². The van der Waals surface area contributed by atoms with E-state index < -0.39 is 0 Å². The summed E-state index contributed by atoms with van der Waals surface area (Å²) in [6.07, 6.45) is 2.46. The van der Waals surface area contributed by atoms with Crippen LogP contribution >= 0.6 is 15.9 Å². The number of nitrogens with zero attached hydrogens (tertiary/aromatic N) is 2. The molecule has 2 rings (SSSR count). The molecule has 0 bridgehead atoms. The van der Waals surface area contributed by atoms with Gasteiger partial charge < -0.3 is 0 Å². The number of aromatic amines is 1. The van der Waals surface area contributed by atoms with Crippen LogP contribution in [0.1, 0.15) is 12.6 Å². The molecule has 5 heteroatoms. The lowest BCUT2D eigenvalue weighted by molar-refractivity contribution is 0.876. The molecular formula is C8H8BrN3O. The molecule has 0 radical (unpaired) electrons.